The number of benzene rings is 3. The molecule has 10 atom stereocenters. The summed E-state index contributed by atoms with van der Waals surface area (Å²) in [6.45, 7) is 0.764. The molecule has 0 spiro atoms. The molecular weight excluding hydrogens is 736 g/mol. The van der Waals surface area contributed by atoms with Crippen LogP contribution in [0.3, 0.4) is 0 Å². The van der Waals surface area contributed by atoms with Gasteiger partial charge in [-0.25, -0.2) is 0 Å². The van der Waals surface area contributed by atoms with Gasteiger partial charge in [0, 0.05) is 23.6 Å². The summed E-state index contributed by atoms with van der Waals surface area (Å²) in [5.74, 6) is -4.01. The zero-order valence-corrected chi connectivity index (χ0v) is 29.3. The number of methoxy groups -OCH3 is 2. The van der Waals surface area contributed by atoms with E-state index in [4.69, 9.17) is 32.8 Å². The average Bonchev–Trinajstić information content (AvgIpc) is 3.15. The molecule has 2 fully saturated rings. The number of ether oxygens (including phenoxy) is 6. The molecule has 3 heterocycles. The summed E-state index contributed by atoms with van der Waals surface area (Å²) >= 11 is 0. The maximum absolute atomic E-state index is 14.3. The van der Waals surface area contributed by atoms with Gasteiger partial charge in [-0.15, -0.1) is 0 Å². The molecule has 6 rings (SSSR count). The van der Waals surface area contributed by atoms with E-state index >= 15 is 0 Å². The summed E-state index contributed by atoms with van der Waals surface area (Å²) in [5.41, 5.74) is -1.25. The lowest BCUT2D eigenvalue weighted by atomic mass is 9.98. The maximum atomic E-state index is 14.3. The number of rotatable bonds is 10. The first kappa shape index (κ1) is 39.6. The van der Waals surface area contributed by atoms with Crippen molar-refractivity contribution >= 4 is 11.0 Å². The van der Waals surface area contributed by atoms with Gasteiger partial charge in [-0.2, -0.15) is 0 Å². The van der Waals surface area contributed by atoms with Crippen LogP contribution in [-0.4, -0.2) is 138 Å². The van der Waals surface area contributed by atoms with E-state index in [1.165, 1.54) is 39.3 Å². The van der Waals surface area contributed by atoms with Crippen molar-refractivity contribution in [3.8, 4) is 57.3 Å². The highest BCUT2D eigenvalue weighted by molar-refractivity contribution is 5.91. The van der Waals surface area contributed by atoms with Crippen LogP contribution in [0.4, 0.5) is 0 Å². The van der Waals surface area contributed by atoms with Gasteiger partial charge >= 0.3 is 0 Å². The Balaban J connectivity index is 1.42. The van der Waals surface area contributed by atoms with Crippen LogP contribution < -0.4 is 19.6 Å². The number of fused-ring (bicyclic) bond motifs is 1. The number of hydrogen-bond donors (Lipinski definition) is 11. The molecule has 19 heteroatoms. The highest BCUT2D eigenvalue weighted by Crippen LogP contribution is 2.43. The summed E-state index contributed by atoms with van der Waals surface area (Å²) < 4.78 is 39.1. The van der Waals surface area contributed by atoms with Gasteiger partial charge in [-0.3, -0.25) is 4.79 Å². The molecule has 2 saturated heterocycles. The number of phenolic OH excluding ortho intramolecular Hbond substituents is 5. The van der Waals surface area contributed by atoms with Gasteiger partial charge < -0.3 is 89.0 Å². The van der Waals surface area contributed by atoms with Crippen molar-refractivity contribution in [2.24, 2.45) is 0 Å². The molecule has 0 amide bonds. The number of aliphatic hydroxyl groups excluding tert-OH is 6. The molecule has 0 saturated carbocycles. The lowest BCUT2D eigenvalue weighted by molar-refractivity contribution is -0.318. The second-order valence-electron chi connectivity index (χ2n) is 13.1. The van der Waals surface area contributed by atoms with Crippen molar-refractivity contribution in [3.63, 3.8) is 0 Å². The molecule has 4 aromatic rings. The molecule has 298 valence electrons. The van der Waals surface area contributed by atoms with Crippen molar-refractivity contribution in [3.05, 3.63) is 57.7 Å². The lowest BCUT2D eigenvalue weighted by Crippen LogP contribution is -2.61. The van der Waals surface area contributed by atoms with Gasteiger partial charge in [-0.05, 0) is 42.8 Å². The maximum Gasteiger partial charge on any atom is 0.239 e. The van der Waals surface area contributed by atoms with E-state index in [1.54, 1.807) is 0 Å². The quantitative estimate of drug-likeness (QED) is 0.0915. The van der Waals surface area contributed by atoms with Crippen LogP contribution >= 0.6 is 0 Å². The highest BCUT2D eigenvalue weighted by atomic mass is 16.7. The Morgan fingerprint density at radius 1 is 0.691 bits per heavy atom. The predicted octanol–water partition coefficient (Wildman–Crippen LogP) is -0.373. The van der Waals surface area contributed by atoms with Crippen molar-refractivity contribution in [2.75, 3.05) is 20.8 Å². The molecule has 2 aliphatic heterocycles. The molecule has 0 aliphatic carbocycles. The van der Waals surface area contributed by atoms with Crippen LogP contribution in [0.5, 0.6) is 46.0 Å². The van der Waals surface area contributed by atoms with E-state index in [0.29, 0.717) is 5.56 Å². The molecule has 2 aliphatic rings. The third-order valence-corrected chi connectivity index (χ3v) is 9.48. The summed E-state index contributed by atoms with van der Waals surface area (Å²) in [7, 11) is 2.61. The normalized spacial score (nSPS) is 28.2. The Hall–Kier alpha value is -5.09. The van der Waals surface area contributed by atoms with Gasteiger partial charge in [0.2, 0.25) is 23.2 Å². The van der Waals surface area contributed by atoms with E-state index in [0.717, 1.165) is 18.2 Å². The Morgan fingerprint density at radius 2 is 1.33 bits per heavy atom. The molecular formula is C36H40O19. The summed E-state index contributed by atoms with van der Waals surface area (Å²) in [6.07, 6.45) is -16.9. The smallest absolute Gasteiger partial charge is 0.239 e. The highest BCUT2D eigenvalue weighted by Gasteiger charge is 2.48. The molecule has 1 aromatic heterocycles. The Kier molecular flexibility index (Phi) is 11.2. The van der Waals surface area contributed by atoms with Crippen molar-refractivity contribution in [1.29, 1.82) is 0 Å². The van der Waals surface area contributed by atoms with Crippen molar-refractivity contribution in [1.82, 2.24) is 0 Å². The van der Waals surface area contributed by atoms with Crippen LogP contribution in [0.1, 0.15) is 18.1 Å². The first-order valence-corrected chi connectivity index (χ1v) is 16.7. The van der Waals surface area contributed by atoms with Gasteiger partial charge in [-0.1, -0.05) is 0 Å². The van der Waals surface area contributed by atoms with Gasteiger partial charge in [0.05, 0.1) is 26.9 Å². The Morgan fingerprint density at radius 3 is 1.96 bits per heavy atom. The number of aliphatic hydroxyl groups is 6. The minimum Gasteiger partial charge on any atom is -0.507 e. The summed E-state index contributed by atoms with van der Waals surface area (Å²) in [5, 5.41) is 115. The zero-order chi connectivity index (χ0) is 40.0. The fraction of sp³-hybridized carbons (Fsp3) is 0.417. The SMILES string of the molecule is COc1cc(Cc2c(O)cc(O)c3c(=O)c(OC4O[C@H](COC5O[C@H](C)[C@@H](O)[C@H](O)[C@@H]5O)[C@@H](O)[C@H](O)[C@H]4O)c(-c4ccc(O)c(O)c4)oc23)cc(OC)c1O. The monoisotopic (exact) mass is 776 g/mol. The van der Waals surface area contributed by atoms with E-state index in [2.05, 4.69) is 0 Å². The molecule has 2 unspecified atom stereocenters. The van der Waals surface area contributed by atoms with Crippen molar-refractivity contribution in [2.45, 2.75) is 74.8 Å². The second-order valence-corrected chi connectivity index (χ2v) is 13.1. The van der Waals surface area contributed by atoms with Gasteiger partial charge in [0.15, 0.2) is 35.0 Å². The molecule has 0 radical (unpaired) electrons. The van der Waals surface area contributed by atoms with E-state index in [1.807, 2.05) is 0 Å². The average molecular weight is 777 g/mol. The first-order chi connectivity index (χ1) is 26.1. The van der Waals surface area contributed by atoms with Crippen LogP contribution in [0, 0.1) is 0 Å². The fourth-order valence-electron chi connectivity index (χ4n) is 6.36. The molecule has 11 N–H and O–H groups in total. The number of aromatic hydroxyl groups is 5. The molecule has 0 bridgehead atoms. The zero-order valence-electron chi connectivity index (χ0n) is 29.3. The molecule has 55 heavy (non-hydrogen) atoms. The minimum absolute atomic E-state index is 0.0183. The van der Waals surface area contributed by atoms with E-state index < -0.39 is 113 Å². The Labute approximate surface area is 310 Å². The Bertz CT molecular complexity index is 2080. The van der Waals surface area contributed by atoms with Gasteiger partial charge in [0.25, 0.3) is 0 Å². The van der Waals surface area contributed by atoms with Crippen LogP contribution in [0.25, 0.3) is 22.3 Å². The molecule has 19 nitrogen and oxygen atoms in total. The largest absolute Gasteiger partial charge is 0.507 e. The standard InChI is InChI=1S/C36H40O19/c1-12-24(41)28(45)30(47)35(52-12)51-11-22-26(43)29(46)31(48)36(53-22)55-34-27(44)23-19(40)10-17(38)15(6-13-7-20(49-2)25(42)21(8-13)50-3)33(23)54-32(34)14-4-5-16(37)18(39)9-14/h4-5,7-10,12,22,24,26,28-31,35-43,45-48H,6,11H2,1-3H3/t12-,22-,24-,26-,28+,29+,30+,31-,35?,36?/m1/s1. The summed E-state index contributed by atoms with van der Waals surface area (Å²) in [6, 6.07) is 7.02. The van der Waals surface area contributed by atoms with Crippen LogP contribution in [-0.2, 0) is 20.6 Å². The second kappa shape index (κ2) is 15.6. The minimum atomic E-state index is -2.04. The van der Waals surface area contributed by atoms with Crippen LogP contribution in [0.2, 0.25) is 0 Å². The van der Waals surface area contributed by atoms with Crippen LogP contribution in [0.15, 0.2) is 45.6 Å². The third-order valence-electron chi connectivity index (χ3n) is 9.48. The summed E-state index contributed by atoms with van der Waals surface area (Å²) in [4.78, 5) is 14.3. The molecule has 3 aromatic carbocycles. The van der Waals surface area contributed by atoms with E-state index in [-0.39, 0.29) is 40.4 Å². The number of phenols is 5. The van der Waals surface area contributed by atoms with E-state index in [9.17, 15) is 61.0 Å². The lowest BCUT2D eigenvalue weighted by Gasteiger charge is -2.42. The predicted molar refractivity (Wildman–Crippen MR) is 184 cm³/mol. The first-order valence-electron chi connectivity index (χ1n) is 16.7. The topological polar surface area (TPSA) is 308 Å². The van der Waals surface area contributed by atoms with Gasteiger partial charge in [0.1, 0.15) is 65.2 Å². The van der Waals surface area contributed by atoms with Crippen molar-refractivity contribution < 1.29 is 89.0 Å². The number of hydrogen-bond acceptors (Lipinski definition) is 19. The third kappa shape index (κ3) is 7.36. The fourth-order valence-corrected chi connectivity index (χ4v) is 6.36.